The van der Waals surface area contributed by atoms with Crippen LogP contribution in [-0.2, 0) is 24.3 Å². The van der Waals surface area contributed by atoms with Crippen molar-refractivity contribution in [2.24, 2.45) is 4.99 Å². The minimum Gasteiger partial charge on any atom is -0.454 e. The van der Waals surface area contributed by atoms with E-state index in [2.05, 4.69) is 27.1 Å². The molecule has 7 nitrogen and oxygen atoms in total. The van der Waals surface area contributed by atoms with E-state index in [1.807, 2.05) is 23.1 Å². The largest absolute Gasteiger partial charge is 0.454 e. The number of ether oxygens (including phenoxy) is 2. The van der Waals surface area contributed by atoms with Crippen molar-refractivity contribution in [3.63, 3.8) is 0 Å². The maximum absolute atomic E-state index is 12.5. The van der Waals surface area contributed by atoms with Crippen molar-refractivity contribution in [3.05, 3.63) is 45.6 Å². The standard InChI is InChI=1S/C20H24N4O3S/c1-21-20(23-11-14-2-3-16-17(10-14)27-13-26-16)22-7-4-19(25)24-8-5-18-15(12-24)6-9-28-18/h2-3,6,9-10H,4-5,7-8,11-13H2,1H3,(H2,21,22,23). The van der Waals surface area contributed by atoms with E-state index in [0.29, 0.717) is 25.5 Å². The molecule has 0 atom stereocenters. The molecule has 28 heavy (non-hydrogen) atoms. The molecule has 0 bridgehead atoms. The summed E-state index contributed by atoms with van der Waals surface area (Å²) in [7, 11) is 1.72. The second kappa shape index (κ2) is 8.52. The molecule has 0 unspecified atom stereocenters. The molecule has 0 saturated heterocycles. The zero-order chi connectivity index (χ0) is 19.3. The SMILES string of the molecule is CN=C(NCCC(=O)N1CCc2sccc2C1)NCc1ccc2c(c1)OCO2. The number of amides is 1. The molecule has 2 N–H and O–H groups in total. The first kappa shape index (κ1) is 18.6. The second-order valence-corrected chi connectivity index (χ2v) is 7.73. The van der Waals surface area contributed by atoms with Crippen molar-refractivity contribution in [1.29, 1.82) is 0 Å². The van der Waals surface area contributed by atoms with Crippen molar-refractivity contribution >= 4 is 23.2 Å². The van der Waals surface area contributed by atoms with Gasteiger partial charge in [-0.25, -0.2) is 0 Å². The normalized spacial score (nSPS) is 15.3. The Hall–Kier alpha value is -2.74. The Kier molecular flexibility index (Phi) is 5.66. The third-order valence-corrected chi connectivity index (χ3v) is 5.94. The van der Waals surface area contributed by atoms with E-state index in [0.717, 1.165) is 36.6 Å². The molecule has 2 aliphatic heterocycles. The van der Waals surface area contributed by atoms with Gasteiger partial charge in [-0.05, 0) is 41.1 Å². The van der Waals surface area contributed by atoms with Crippen LogP contribution >= 0.6 is 11.3 Å². The molecule has 8 heteroatoms. The number of thiophene rings is 1. The Bertz CT molecular complexity index is 880. The van der Waals surface area contributed by atoms with Gasteiger partial charge in [-0.1, -0.05) is 6.07 Å². The number of fused-ring (bicyclic) bond motifs is 2. The molecule has 0 spiro atoms. The lowest BCUT2D eigenvalue weighted by atomic mass is 10.1. The van der Waals surface area contributed by atoms with E-state index in [4.69, 9.17) is 9.47 Å². The van der Waals surface area contributed by atoms with Crippen LogP contribution in [0.3, 0.4) is 0 Å². The number of aliphatic imine (C=N–C) groups is 1. The van der Waals surface area contributed by atoms with Crippen LogP contribution in [0.25, 0.3) is 0 Å². The van der Waals surface area contributed by atoms with Crippen LogP contribution in [-0.4, -0.2) is 43.7 Å². The number of carbonyl (C=O) groups excluding carboxylic acids is 1. The summed E-state index contributed by atoms with van der Waals surface area (Å²) in [6.45, 7) is 2.97. The summed E-state index contributed by atoms with van der Waals surface area (Å²) < 4.78 is 10.7. The molecule has 148 valence electrons. The monoisotopic (exact) mass is 400 g/mol. The lowest BCUT2D eigenvalue weighted by Gasteiger charge is -2.27. The van der Waals surface area contributed by atoms with Crippen LogP contribution < -0.4 is 20.1 Å². The number of nitrogens with zero attached hydrogens (tertiary/aromatic N) is 2. The van der Waals surface area contributed by atoms with Crippen molar-refractivity contribution in [2.75, 3.05) is 26.9 Å². The van der Waals surface area contributed by atoms with Crippen molar-refractivity contribution in [2.45, 2.75) is 25.9 Å². The highest BCUT2D eigenvalue weighted by Crippen LogP contribution is 2.32. The van der Waals surface area contributed by atoms with E-state index in [9.17, 15) is 4.79 Å². The number of hydrogen-bond donors (Lipinski definition) is 2. The van der Waals surface area contributed by atoms with Crippen molar-refractivity contribution < 1.29 is 14.3 Å². The summed E-state index contributed by atoms with van der Waals surface area (Å²) in [5.41, 5.74) is 2.36. The highest BCUT2D eigenvalue weighted by Gasteiger charge is 2.21. The van der Waals surface area contributed by atoms with E-state index in [1.165, 1.54) is 10.4 Å². The smallest absolute Gasteiger partial charge is 0.231 e. The Morgan fingerprint density at radius 1 is 1.25 bits per heavy atom. The fourth-order valence-electron chi connectivity index (χ4n) is 3.36. The topological polar surface area (TPSA) is 75.2 Å². The van der Waals surface area contributed by atoms with Gasteiger partial charge in [-0.2, -0.15) is 0 Å². The highest BCUT2D eigenvalue weighted by atomic mass is 32.1. The van der Waals surface area contributed by atoms with Gasteiger partial charge >= 0.3 is 0 Å². The second-order valence-electron chi connectivity index (χ2n) is 6.72. The number of benzene rings is 1. The van der Waals surface area contributed by atoms with Gasteiger partial charge in [0.1, 0.15) is 0 Å². The van der Waals surface area contributed by atoms with E-state index >= 15 is 0 Å². The molecule has 4 rings (SSSR count). The predicted molar refractivity (Wildman–Crippen MR) is 109 cm³/mol. The Morgan fingerprint density at radius 3 is 3.04 bits per heavy atom. The first-order valence-corrected chi connectivity index (χ1v) is 10.3. The van der Waals surface area contributed by atoms with Gasteiger partial charge in [-0.15, -0.1) is 11.3 Å². The summed E-state index contributed by atoms with van der Waals surface area (Å²) >= 11 is 1.78. The van der Waals surface area contributed by atoms with Gasteiger partial charge in [0, 0.05) is 44.5 Å². The summed E-state index contributed by atoms with van der Waals surface area (Å²) in [6.07, 6.45) is 1.41. The third-order valence-electron chi connectivity index (χ3n) is 4.91. The number of guanidine groups is 1. The Morgan fingerprint density at radius 2 is 2.14 bits per heavy atom. The van der Waals surface area contributed by atoms with Crippen LogP contribution in [0.15, 0.2) is 34.6 Å². The van der Waals surface area contributed by atoms with Crippen molar-refractivity contribution in [1.82, 2.24) is 15.5 Å². The third kappa shape index (κ3) is 4.22. The Labute approximate surface area is 168 Å². The van der Waals surface area contributed by atoms with Gasteiger partial charge in [-0.3, -0.25) is 9.79 Å². The average Bonchev–Trinajstić information content (AvgIpc) is 3.38. The quantitative estimate of drug-likeness (QED) is 0.594. The maximum atomic E-state index is 12.5. The molecular weight excluding hydrogens is 376 g/mol. The number of nitrogens with one attached hydrogen (secondary N) is 2. The zero-order valence-corrected chi connectivity index (χ0v) is 16.7. The van der Waals surface area contributed by atoms with Gasteiger partial charge in [0.2, 0.25) is 12.7 Å². The fraction of sp³-hybridized carbons (Fsp3) is 0.400. The van der Waals surface area contributed by atoms with E-state index in [1.54, 1.807) is 18.4 Å². The van der Waals surface area contributed by atoms with Gasteiger partial charge in [0.15, 0.2) is 17.5 Å². The first-order valence-electron chi connectivity index (χ1n) is 9.39. The molecule has 3 heterocycles. The van der Waals surface area contributed by atoms with Crippen LogP contribution in [0.4, 0.5) is 0 Å². The van der Waals surface area contributed by atoms with Crippen LogP contribution in [0.1, 0.15) is 22.4 Å². The van der Waals surface area contributed by atoms with Crippen LogP contribution in [0, 0.1) is 0 Å². The summed E-state index contributed by atoms with van der Waals surface area (Å²) in [5, 5.41) is 8.58. The number of carbonyl (C=O) groups is 1. The molecule has 0 saturated carbocycles. The van der Waals surface area contributed by atoms with E-state index < -0.39 is 0 Å². The van der Waals surface area contributed by atoms with E-state index in [-0.39, 0.29) is 12.7 Å². The molecule has 0 fully saturated rings. The number of rotatable bonds is 5. The first-order chi connectivity index (χ1) is 13.7. The van der Waals surface area contributed by atoms with Crippen LogP contribution in [0.2, 0.25) is 0 Å². The minimum absolute atomic E-state index is 0.176. The predicted octanol–water partition coefficient (Wildman–Crippen LogP) is 2.12. The fourth-order valence-corrected chi connectivity index (χ4v) is 4.25. The molecule has 2 aromatic rings. The summed E-state index contributed by atoms with van der Waals surface area (Å²) in [6, 6.07) is 7.98. The lowest BCUT2D eigenvalue weighted by Crippen LogP contribution is -2.40. The number of hydrogen-bond acceptors (Lipinski definition) is 5. The molecule has 0 radical (unpaired) electrons. The van der Waals surface area contributed by atoms with Crippen molar-refractivity contribution in [3.8, 4) is 11.5 Å². The van der Waals surface area contributed by atoms with Gasteiger partial charge < -0.3 is 25.0 Å². The average molecular weight is 401 g/mol. The Balaban J connectivity index is 1.21. The molecule has 0 aliphatic carbocycles. The van der Waals surface area contributed by atoms with Gasteiger partial charge in [0.25, 0.3) is 0 Å². The molecule has 1 aromatic carbocycles. The summed E-state index contributed by atoms with van der Waals surface area (Å²) in [4.78, 5) is 20.1. The van der Waals surface area contributed by atoms with Crippen LogP contribution in [0.5, 0.6) is 11.5 Å². The molecule has 1 aromatic heterocycles. The molecular formula is C20H24N4O3S. The molecule has 1 amide bonds. The maximum Gasteiger partial charge on any atom is 0.231 e. The highest BCUT2D eigenvalue weighted by molar-refractivity contribution is 7.10. The minimum atomic E-state index is 0.176. The summed E-state index contributed by atoms with van der Waals surface area (Å²) in [5.74, 6) is 2.39. The zero-order valence-electron chi connectivity index (χ0n) is 15.9. The van der Waals surface area contributed by atoms with Gasteiger partial charge in [0.05, 0.1) is 0 Å². The molecule has 2 aliphatic rings. The lowest BCUT2D eigenvalue weighted by molar-refractivity contribution is -0.131.